The fraction of sp³-hybridized carbons (Fsp3) is 0.333. The Balaban J connectivity index is 2.57. The molecule has 0 heterocycles. The lowest BCUT2D eigenvalue weighted by Gasteiger charge is -2.17. The van der Waals surface area contributed by atoms with Crippen molar-refractivity contribution in [1.82, 2.24) is 0 Å². The number of esters is 1. The number of carbonyl (C=O) groups excluding carboxylic acids is 2. The molecule has 0 aromatic heterocycles. The number of carbonyl (C=O) groups is 2. The number of methoxy groups -OCH3 is 1. The Kier molecular flexibility index (Phi) is 5.77. The molecule has 1 aromatic carbocycles. The van der Waals surface area contributed by atoms with Crippen LogP contribution in [0.25, 0.3) is 0 Å². The average Bonchev–Trinajstić information content (AvgIpc) is 2.44. The number of nitrogens with zero attached hydrogens (tertiary/aromatic N) is 1. The van der Waals surface area contributed by atoms with Gasteiger partial charge in [0.25, 0.3) is 0 Å². The van der Waals surface area contributed by atoms with Gasteiger partial charge in [0.15, 0.2) is 0 Å². The largest absolute Gasteiger partial charge is 0.497 e. The Morgan fingerprint density at radius 1 is 1.25 bits per heavy atom. The predicted octanol–water partition coefficient (Wildman–Crippen LogP) is 2.17. The lowest BCUT2D eigenvalue weighted by Crippen LogP contribution is -2.29. The minimum atomic E-state index is -0.557. The molecule has 20 heavy (non-hydrogen) atoms. The number of benzene rings is 1. The van der Waals surface area contributed by atoms with E-state index in [1.54, 1.807) is 45.3 Å². The number of rotatable bonds is 6. The van der Waals surface area contributed by atoms with Gasteiger partial charge in [0.05, 0.1) is 7.11 Å². The van der Waals surface area contributed by atoms with Crippen LogP contribution in [-0.4, -0.2) is 32.6 Å². The monoisotopic (exact) mass is 277 g/mol. The van der Waals surface area contributed by atoms with Gasteiger partial charge in [-0.1, -0.05) is 6.58 Å². The average molecular weight is 277 g/mol. The van der Waals surface area contributed by atoms with Gasteiger partial charge in [0.1, 0.15) is 18.8 Å². The van der Waals surface area contributed by atoms with E-state index >= 15 is 0 Å². The van der Waals surface area contributed by atoms with Crippen molar-refractivity contribution < 1.29 is 19.1 Å². The maximum absolute atomic E-state index is 11.9. The normalized spacial score (nSPS) is 9.75. The fourth-order valence-corrected chi connectivity index (χ4v) is 1.45. The fourth-order valence-electron chi connectivity index (χ4n) is 1.45. The van der Waals surface area contributed by atoms with E-state index in [-0.39, 0.29) is 18.9 Å². The summed E-state index contributed by atoms with van der Waals surface area (Å²) in [6, 6.07) is 6.99. The molecule has 0 saturated carbocycles. The number of hydrogen-bond donors (Lipinski definition) is 0. The van der Waals surface area contributed by atoms with E-state index in [0.29, 0.717) is 11.4 Å². The highest BCUT2D eigenvalue weighted by atomic mass is 16.5. The SMILES string of the molecule is C=C(C)COC(=O)CC(=O)N(C)c1ccc(OC)cc1. The van der Waals surface area contributed by atoms with Crippen LogP contribution >= 0.6 is 0 Å². The Morgan fingerprint density at radius 3 is 2.35 bits per heavy atom. The third-order valence-corrected chi connectivity index (χ3v) is 2.61. The first-order chi connectivity index (χ1) is 9.43. The number of hydrogen-bond acceptors (Lipinski definition) is 4. The second-order valence-corrected chi connectivity index (χ2v) is 4.45. The summed E-state index contributed by atoms with van der Waals surface area (Å²) in [5.74, 6) is -0.185. The van der Waals surface area contributed by atoms with Gasteiger partial charge < -0.3 is 14.4 Å². The van der Waals surface area contributed by atoms with Gasteiger partial charge in [0.2, 0.25) is 5.91 Å². The van der Waals surface area contributed by atoms with Gasteiger partial charge in [-0.05, 0) is 36.8 Å². The Bertz CT molecular complexity index is 493. The molecule has 0 aliphatic rings. The van der Waals surface area contributed by atoms with Gasteiger partial charge in [0, 0.05) is 12.7 Å². The van der Waals surface area contributed by atoms with Crippen LogP contribution < -0.4 is 9.64 Å². The summed E-state index contributed by atoms with van der Waals surface area (Å²) < 4.78 is 9.93. The highest BCUT2D eigenvalue weighted by Crippen LogP contribution is 2.18. The van der Waals surface area contributed by atoms with E-state index in [9.17, 15) is 9.59 Å². The lowest BCUT2D eigenvalue weighted by atomic mass is 10.2. The third-order valence-electron chi connectivity index (χ3n) is 2.61. The van der Waals surface area contributed by atoms with Crippen molar-refractivity contribution >= 4 is 17.6 Å². The maximum Gasteiger partial charge on any atom is 0.315 e. The zero-order valence-corrected chi connectivity index (χ0v) is 12.0. The molecule has 0 radical (unpaired) electrons. The van der Waals surface area contributed by atoms with Crippen molar-refractivity contribution in [3.8, 4) is 5.75 Å². The quantitative estimate of drug-likeness (QED) is 0.454. The van der Waals surface area contributed by atoms with Crippen LogP contribution in [0.3, 0.4) is 0 Å². The van der Waals surface area contributed by atoms with Gasteiger partial charge >= 0.3 is 5.97 Å². The Hall–Kier alpha value is -2.30. The first kappa shape index (κ1) is 15.8. The topological polar surface area (TPSA) is 55.8 Å². The summed E-state index contributed by atoms with van der Waals surface area (Å²) in [4.78, 5) is 24.8. The van der Waals surface area contributed by atoms with E-state index in [1.807, 2.05) is 0 Å². The lowest BCUT2D eigenvalue weighted by molar-refractivity contribution is -0.145. The minimum Gasteiger partial charge on any atom is -0.497 e. The molecule has 1 amide bonds. The molecule has 0 fully saturated rings. The van der Waals surface area contributed by atoms with Crippen LogP contribution in [-0.2, 0) is 14.3 Å². The van der Waals surface area contributed by atoms with Crippen LogP contribution in [0.5, 0.6) is 5.75 Å². The van der Waals surface area contributed by atoms with E-state index in [4.69, 9.17) is 9.47 Å². The summed E-state index contributed by atoms with van der Waals surface area (Å²) in [6.07, 6.45) is -0.296. The van der Waals surface area contributed by atoms with Crippen molar-refractivity contribution in [3.05, 3.63) is 36.4 Å². The second kappa shape index (κ2) is 7.33. The van der Waals surface area contributed by atoms with Crippen molar-refractivity contribution in [2.75, 3.05) is 25.7 Å². The van der Waals surface area contributed by atoms with Crippen LogP contribution in [0.4, 0.5) is 5.69 Å². The molecule has 0 atom stereocenters. The smallest absolute Gasteiger partial charge is 0.315 e. The van der Waals surface area contributed by atoms with Gasteiger partial charge in [-0.2, -0.15) is 0 Å². The molecule has 1 aromatic rings. The minimum absolute atomic E-state index is 0.137. The zero-order chi connectivity index (χ0) is 15.1. The van der Waals surface area contributed by atoms with E-state index < -0.39 is 5.97 Å². The number of amides is 1. The van der Waals surface area contributed by atoms with E-state index in [1.165, 1.54) is 4.90 Å². The van der Waals surface area contributed by atoms with E-state index in [0.717, 1.165) is 5.57 Å². The molecule has 0 unspecified atom stereocenters. The Morgan fingerprint density at radius 2 is 1.85 bits per heavy atom. The number of anilines is 1. The third kappa shape index (κ3) is 4.76. The van der Waals surface area contributed by atoms with Crippen LogP contribution in [0.15, 0.2) is 36.4 Å². The number of ether oxygens (including phenoxy) is 2. The van der Waals surface area contributed by atoms with Crippen molar-refractivity contribution in [2.24, 2.45) is 0 Å². The molecular formula is C15H19NO4. The van der Waals surface area contributed by atoms with Gasteiger partial charge in [-0.15, -0.1) is 0 Å². The summed E-state index contributed by atoms with van der Waals surface area (Å²) in [5, 5.41) is 0. The maximum atomic E-state index is 11.9. The van der Waals surface area contributed by atoms with Crippen molar-refractivity contribution in [2.45, 2.75) is 13.3 Å². The molecule has 0 aliphatic carbocycles. The molecule has 0 bridgehead atoms. The highest BCUT2D eigenvalue weighted by Gasteiger charge is 2.16. The van der Waals surface area contributed by atoms with Crippen molar-refractivity contribution in [1.29, 1.82) is 0 Å². The molecule has 0 spiro atoms. The van der Waals surface area contributed by atoms with Gasteiger partial charge in [-0.25, -0.2) is 0 Å². The summed E-state index contributed by atoms with van der Waals surface area (Å²) in [7, 11) is 3.18. The van der Waals surface area contributed by atoms with Crippen LogP contribution in [0.2, 0.25) is 0 Å². The highest BCUT2D eigenvalue weighted by molar-refractivity contribution is 6.03. The van der Waals surface area contributed by atoms with Crippen LogP contribution in [0, 0.1) is 0 Å². The zero-order valence-electron chi connectivity index (χ0n) is 12.0. The summed E-state index contributed by atoms with van der Waals surface area (Å²) in [5.41, 5.74) is 1.41. The molecule has 0 aliphatic heterocycles. The molecule has 108 valence electrons. The first-order valence-corrected chi connectivity index (χ1v) is 6.14. The van der Waals surface area contributed by atoms with Gasteiger partial charge in [-0.3, -0.25) is 9.59 Å². The molecule has 0 saturated heterocycles. The molecular weight excluding hydrogens is 258 g/mol. The Labute approximate surface area is 118 Å². The summed E-state index contributed by atoms with van der Waals surface area (Å²) in [6.45, 7) is 5.51. The predicted molar refractivity (Wildman–Crippen MR) is 76.8 cm³/mol. The molecule has 0 N–H and O–H groups in total. The molecule has 1 rings (SSSR count). The molecule has 5 heteroatoms. The van der Waals surface area contributed by atoms with E-state index in [2.05, 4.69) is 6.58 Å². The first-order valence-electron chi connectivity index (χ1n) is 6.14. The summed E-state index contributed by atoms with van der Waals surface area (Å²) >= 11 is 0. The van der Waals surface area contributed by atoms with Crippen LogP contribution in [0.1, 0.15) is 13.3 Å². The van der Waals surface area contributed by atoms with Crippen molar-refractivity contribution in [3.63, 3.8) is 0 Å². The second-order valence-electron chi connectivity index (χ2n) is 4.45. The molecule has 5 nitrogen and oxygen atoms in total. The standard InChI is InChI=1S/C15H19NO4/c1-11(2)10-20-15(18)9-14(17)16(3)12-5-7-13(19-4)8-6-12/h5-8H,1,9-10H2,2-4H3.